The van der Waals surface area contributed by atoms with Gasteiger partial charge >= 0.3 is 0 Å². The zero-order chi connectivity index (χ0) is 13.3. The average Bonchev–Trinajstić information content (AvgIpc) is 2.39. The summed E-state index contributed by atoms with van der Waals surface area (Å²) in [5.41, 5.74) is 1.07. The van der Waals surface area contributed by atoms with Crippen molar-refractivity contribution in [3.05, 3.63) is 35.6 Å². The molecule has 1 aromatic carbocycles. The van der Waals surface area contributed by atoms with E-state index in [9.17, 15) is 4.39 Å². The van der Waals surface area contributed by atoms with E-state index in [4.69, 9.17) is 4.74 Å². The van der Waals surface area contributed by atoms with Gasteiger partial charge in [0.1, 0.15) is 5.82 Å². The average molecular weight is 263 g/mol. The van der Waals surface area contributed by atoms with Gasteiger partial charge in [-0.25, -0.2) is 4.39 Å². The van der Waals surface area contributed by atoms with Crippen molar-refractivity contribution in [2.45, 2.75) is 44.3 Å². The van der Waals surface area contributed by atoms with Crippen LogP contribution in [0, 0.1) is 11.7 Å². The highest BCUT2D eigenvalue weighted by Crippen LogP contribution is 2.40. The second-order valence-electron chi connectivity index (χ2n) is 6.17. The molecule has 0 radical (unpaired) electrons. The third kappa shape index (κ3) is 2.82. The van der Waals surface area contributed by atoms with Crippen LogP contribution in [0.25, 0.3) is 0 Å². The normalized spacial score (nSPS) is 35.5. The van der Waals surface area contributed by atoms with Crippen molar-refractivity contribution in [1.29, 1.82) is 0 Å². The third-order valence-corrected chi connectivity index (χ3v) is 4.46. The Morgan fingerprint density at radius 3 is 2.84 bits per heavy atom. The van der Waals surface area contributed by atoms with E-state index < -0.39 is 0 Å². The summed E-state index contributed by atoms with van der Waals surface area (Å²) in [7, 11) is 0. The van der Waals surface area contributed by atoms with Crippen molar-refractivity contribution in [3.8, 4) is 0 Å². The number of hydrogen-bond donors (Lipinski definition) is 1. The van der Waals surface area contributed by atoms with Gasteiger partial charge in [-0.15, -0.1) is 0 Å². The molecule has 2 fully saturated rings. The first-order valence-corrected chi connectivity index (χ1v) is 7.31. The van der Waals surface area contributed by atoms with E-state index in [1.54, 1.807) is 0 Å². The predicted octanol–water partition coefficient (Wildman–Crippen LogP) is 3.44. The van der Waals surface area contributed by atoms with Crippen LogP contribution in [0.15, 0.2) is 24.3 Å². The van der Waals surface area contributed by atoms with Crippen LogP contribution in [0.1, 0.15) is 44.3 Å². The molecule has 3 heteroatoms. The van der Waals surface area contributed by atoms with Crippen molar-refractivity contribution < 1.29 is 9.13 Å². The van der Waals surface area contributed by atoms with E-state index in [1.165, 1.54) is 25.0 Å². The highest BCUT2D eigenvalue weighted by Gasteiger charge is 2.40. The maximum absolute atomic E-state index is 13.0. The molecule has 1 aliphatic carbocycles. The monoisotopic (exact) mass is 263 g/mol. The summed E-state index contributed by atoms with van der Waals surface area (Å²) in [5.74, 6) is 0.552. The lowest BCUT2D eigenvalue weighted by Gasteiger charge is -2.46. The topological polar surface area (TPSA) is 21.3 Å². The Morgan fingerprint density at radius 2 is 2.11 bits per heavy atom. The molecule has 1 N–H and O–H groups in total. The molecule has 2 nitrogen and oxygen atoms in total. The van der Waals surface area contributed by atoms with Gasteiger partial charge in [-0.1, -0.05) is 31.9 Å². The van der Waals surface area contributed by atoms with Crippen molar-refractivity contribution in [1.82, 2.24) is 5.32 Å². The predicted molar refractivity (Wildman–Crippen MR) is 73.5 cm³/mol. The molecule has 1 aliphatic heterocycles. The Hall–Kier alpha value is -0.930. The molecule has 2 aliphatic rings. The van der Waals surface area contributed by atoms with E-state index in [0.717, 1.165) is 37.4 Å². The number of ether oxygens (including phenoxy) is 1. The Bertz CT molecular complexity index is 429. The Balaban J connectivity index is 1.75. The van der Waals surface area contributed by atoms with E-state index in [2.05, 4.69) is 12.2 Å². The molecular formula is C16H22FNO. The van der Waals surface area contributed by atoms with E-state index in [0.29, 0.717) is 0 Å². The number of benzene rings is 1. The summed E-state index contributed by atoms with van der Waals surface area (Å²) in [6.07, 6.45) is 4.89. The molecule has 3 rings (SSSR count). The van der Waals surface area contributed by atoms with Gasteiger partial charge in [0, 0.05) is 13.1 Å². The number of halogens is 1. The molecule has 0 amide bonds. The van der Waals surface area contributed by atoms with Crippen LogP contribution in [0.2, 0.25) is 0 Å². The molecule has 3 atom stereocenters. The fourth-order valence-electron chi connectivity index (χ4n) is 3.56. The second kappa shape index (κ2) is 5.22. The lowest BCUT2D eigenvalue weighted by molar-refractivity contribution is -0.143. The lowest BCUT2D eigenvalue weighted by atomic mass is 9.77. The lowest BCUT2D eigenvalue weighted by Crippen LogP contribution is -2.52. The molecular weight excluding hydrogens is 241 g/mol. The van der Waals surface area contributed by atoms with Crippen LogP contribution in [0.4, 0.5) is 4.39 Å². The van der Waals surface area contributed by atoms with Crippen molar-refractivity contribution in [2.24, 2.45) is 5.92 Å². The molecule has 104 valence electrons. The van der Waals surface area contributed by atoms with Gasteiger partial charge in [-0.05, 0) is 36.5 Å². The fraction of sp³-hybridized carbons (Fsp3) is 0.625. The highest BCUT2D eigenvalue weighted by atomic mass is 19.1. The van der Waals surface area contributed by atoms with E-state index in [1.807, 2.05) is 12.1 Å². The summed E-state index contributed by atoms with van der Waals surface area (Å²) in [4.78, 5) is 0. The summed E-state index contributed by atoms with van der Waals surface area (Å²) < 4.78 is 19.4. The second-order valence-corrected chi connectivity index (χ2v) is 6.17. The summed E-state index contributed by atoms with van der Waals surface area (Å²) in [5, 5.41) is 3.51. The van der Waals surface area contributed by atoms with Crippen LogP contribution >= 0.6 is 0 Å². The van der Waals surface area contributed by atoms with Gasteiger partial charge in [-0.2, -0.15) is 0 Å². The molecule has 19 heavy (non-hydrogen) atoms. The molecule has 1 heterocycles. The van der Waals surface area contributed by atoms with E-state index >= 15 is 0 Å². The van der Waals surface area contributed by atoms with Crippen molar-refractivity contribution in [2.75, 3.05) is 13.1 Å². The molecule has 1 aromatic rings. The first kappa shape index (κ1) is 13.1. The summed E-state index contributed by atoms with van der Waals surface area (Å²) >= 11 is 0. The maximum atomic E-state index is 13.0. The summed E-state index contributed by atoms with van der Waals surface area (Å²) in [6, 6.07) is 6.72. The zero-order valence-electron chi connectivity index (χ0n) is 11.5. The number of nitrogens with one attached hydrogen (secondary N) is 1. The molecule has 0 bridgehead atoms. The minimum absolute atomic E-state index is 0.00499. The van der Waals surface area contributed by atoms with Crippen LogP contribution < -0.4 is 5.32 Å². The molecule has 1 spiro atoms. The van der Waals surface area contributed by atoms with Crippen molar-refractivity contribution in [3.63, 3.8) is 0 Å². The van der Waals surface area contributed by atoms with Crippen LogP contribution in [-0.2, 0) is 4.74 Å². The van der Waals surface area contributed by atoms with Gasteiger partial charge in [0.05, 0.1) is 11.7 Å². The Morgan fingerprint density at radius 1 is 1.32 bits per heavy atom. The SMILES string of the molecule is CC1CCCC2(CNCC(c3ccc(F)cc3)O2)C1. The Labute approximate surface area is 114 Å². The third-order valence-electron chi connectivity index (χ3n) is 4.46. The van der Waals surface area contributed by atoms with Gasteiger partial charge in [0.15, 0.2) is 0 Å². The van der Waals surface area contributed by atoms with Crippen LogP contribution in [0.3, 0.4) is 0 Å². The first-order valence-electron chi connectivity index (χ1n) is 7.31. The number of rotatable bonds is 1. The quantitative estimate of drug-likeness (QED) is 0.838. The number of hydrogen-bond acceptors (Lipinski definition) is 2. The minimum Gasteiger partial charge on any atom is -0.364 e. The molecule has 1 saturated carbocycles. The van der Waals surface area contributed by atoms with Crippen LogP contribution in [0.5, 0.6) is 0 Å². The Kier molecular flexibility index (Phi) is 3.59. The van der Waals surface area contributed by atoms with E-state index in [-0.39, 0.29) is 17.5 Å². The molecule has 0 aromatic heterocycles. The first-order chi connectivity index (χ1) is 9.17. The van der Waals surface area contributed by atoms with Gasteiger partial charge in [0.25, 0.3) is 0 Å². The van der Waals surface area contributed by atoms with Gasteiger partial charge in [-0.3, -0.25) is 0 Å². The minimum atomic E-state index is -0.187. The smallest absolute Gasteiger partial charge is 0.123 e. The highest BCUT2D eigenvalue weighted by molar-refractivity contribution is 5.20. The standard InChI is InChI=1S/C16H22FNO/c1-12-3-2-8-16(9-12)11-18-10-15(19-16)13-4-6-14(17)7-5-13/h4-7,12,15,18H,2-3,8-11H2,1H3. The fourth-order valence-corrected chi connectivity index (χ4v) is 3.56. The number of morpholine rings is 1. The largest absolute Gasteiger partial charge is 0.364 e. The molecule has 3 unspecified atom stereocenters. The van der Waals surface area contributed by atoms with Crippen LogP contribution in [-0.4, -0.2) is 18.7 Å². The summed E-state index contributed by atoms with van der Waals surface area (Å²) in [6.45, 7) is 4.09. The van der Waals surface area contributed by atoms with Crippen molar-refractivity contribution >= 4 is 0 Å². The zero-order valence-corrected chi connectivity index (χ0v) is 11.5. The van der Waals surface area contributed by atoms with Gasteiger partial charge < -0.3 is 10.1 Å². The molecule has 1 saturated heterocycles. The maximum Gasteiger partial charge on any atom is 0.123 e. The van der Waals surface area contributed by atoms with Gasteiger partial charge in [0.2, 0.25) is 0 Å².